The zero-order valence-corrected chi connectivity index (χ0v) is 14.2. The first kappa shape index (κ1) is 13.2. The van der Waals surface area contributed by atoms with Crippen molar-refractivity contribution in [3.05, 3.63) is 72.4 Å². The summed E-state index contributed by atoms with van der Waals surface area (Å²) < 4.78 is 4.73. The summed E-state index contributed by atoms with van der Waals surface area (Å²) in [6, 6.07) is 22.1. The number of hydrogen-bond acceptors (Lipinski definition) is 0. The number of nitrogens with zero attached hydrogens (tertiary/aromatic N) is 2. The summed E-state index contributed by atoms with van der Waals surface area (Å²) in [7, 11) is 2.20. The van der Waals surface area contributed by atoms with Crippen LogP contribution in [0.3, 0.4) is 0 Å². The third-order valence-electron chi connectivity index (χ3n) is 5.73. The van der Waals surface area contributed by atoms with Gasteiger partial charge >= 0.3 is 0 Å². The third-order valence-corrected chi connectivity index (χ3v) is 5.73. The highest BCUT2D eigenvalue weighted by Gasteiger charge is 2.23. The number of para-hydroxylation sites is 1. The van der Waals surface area contributed by atoms with Crippen LogP contribution < -0.4 is 4.57 Å². The van der Waals surface area contributed by atoms with Crippen molar-refractivity contribution in [3.8, 4) is 0 Å². The van der Waals surface area contributed by atoms with E-state index >= 15 is 0 Å². The van der Waals surface area contributed by atoms with E-state index in [2.05, 4.69) is 89.8 Å². The van der Waals surface area contributed by atoms with E-state index in [9.17, 15) is 0 Å². The fourth-order valence-corrected chi connectivity index (χ4v) is 4.62. The lowest BCUT2D eigenvalue weighted by molar-refractivity contribution is -0.616. The molecule has 0 atom stereocenters. The van der Waals surface area contributed by atoms with E-state index in [-0.39, 0.29) is 0 Å². The summed E-state index contributed by atoms with van der Waals surface area (Å²) in [5.74, 6) is 0. The maximum atomic E-state index is 2.37. The molecule has 0 saturated heterocycles. The molecule has 0 bridgehead atoms. The van der Waals surface area contributed by atoms with Gasteiger partial charge in [0.25, 0.3) is 0 Å². The van der Waals surface area contributed by atoms with Gasteiger partial charge in [-0.2, -0.15) is 4.57 Å². The minimum atomic E-state index is 1.28. The molecule has 25 heavy (non-hydrogen) atoms. The number of fused-ring (bicyclic) bond motifs is 4. The predicted octanol–water partition coefficient (Wildman–Crippen LogP) is 5.12. The second-order valence-electron chi connectivity index (χ2n) is 7.01. The van der Waals surface area contributed by atoms with Crippen LogP contribution in [0.4, 0.5) is 0 Å². The molecule has 6 aromatic rings. The van der Waals surface area contributed by atoms with Gasteiger partial charge in [-0.3, -0.25) is 0 Å². The zero-order chi connectivity index (χ0) is 16.7. The van der Waals surface area contributed by atoms with Crippen molar-refractivity contribution in [2.45, 2.75) is 6.92 Å². The van der Waals surface area contributed by atoms with E-state index in [0.717, 1.165) is 0 Å². The Hall–Kier alpha value is -3.13. The lowest BCUT2D eigenvalue weighted by Gasteiger charge is -2.13. The molecule has 0 saturated carbocycles. The molecule has 2 heteroatoms. The van der Waals surface area contributed by atoms with Crippen LogP contribution in [0, 0.1) is 6.92 Å². The summed E-state index contributed by atoms with van der Waals surface area (Å²) in [5.41, 5.74) is 6.53. The molecular weight excluding hydrogens is 304 g/mol. The molecule has 0 radical (unpaired) electrons. The largest absolute Gasteiger partial charge is 0.310 e. The molecule has 118 valence electrons. The van der Waals surface area contributed by atoms with Crippen molar-refractivity contribution in [2.24, 2.45) is 7.05 Å². The third kappa shape index (κ3) is 1.44. The molecule has 6 rings (SSSR count). The normalized spacial score (nSPS) is 12.4. The lowest BCUT2D eigenvalue weighted by Crippen LogP contribution is -2.31. The first-order chi connectivity index (χ1) is 12.3. The monoisotopic (exact) mass is 321 g/mol. The minimum absolute atomic E-state index is 1.28. The van der Waals surface area contributed by atoms with Crippen molar-refractivity contribution in [1.29, 1.82) is 0 Å². The quantitative estimate of drug-likeness (QED) is 0.208. The fraction of sp³-hybridized carbons (Fsp3) is 0.0870. The van der Waals surface area contributed by atoms with Crippen molar-refractivity contribution in [3.63, 3.8) is 0 Å². The number of rotatable bonds is 0. The van der Waals surface area contributed by atoms with Crippen LogP contribution in [0.25, 0.3) is 49.0 Å². The molecular formula is C23H17N2+. The molecule has 0 aliphatic heterocycles. The van der Waals surface area contributed by atoms with E-state index in [1.165, 1.54) is 54.6 Å². The first-order valence-electron chi connectivity index (χ1n) is 8.70. The number of pyridine rings is 2. The molecule has 3 aromatic heterocycles. The summed E-state index contributed by atoms with van der Waals surface area (Å²) in [6.45, 7) is 2.23. The maximum absolute atomic E-state index is 2.37. The lowest BCUT2D eigenvalue weighted by atomic mass is 9.97. The van der Waals surface area contributed by atoms with Gasteiger partial charge in [-0.05, 0) is 36.1 Å². The van der Waals surface area contributed by atoms with Gasteiger partial charge in [-0.25, -0.2) is 0 Å². The van der Waals surface area contributed by atoms with Gasteiger partial charge in [0.15, 0.2) is 0 Å². The second-order valence-corrected chi connectivity index (χ2v) is 7.01. The molecule has 2 nitrogen and oxygen atoms in total. The highest BCUT2D eigenvalue weighted by Crippen LogP contribution is 2.38. The Labute approximate surface area is 144 Å². The first-order valence-corrected chi connectivity index (χ1v) is 8.70. The summed E-state index contributed by atoms with van der Waals surface area (Å²) in [4.78, 5) is 0. The molecule has 3 heterocycles. The van der Waals surface area contributed by atoms with Crippen LogP contribution in [0.2, 0.25) is 0 Å². The van der Waals surface area contributed by atoms with Crippen molar-refractivity contribution in [2.75, 3.05) is 0 Å². The number of aryl methyl sites for hydroxylation is 2. The SMILES string of the molecule is Cc1ccc2cccc3c2c1c1c2c(ccn32)c2ccccc2[n+]1C. The highest BCUT2D eigenvalue weighted by molar-refractivity contribution is 6.23. The van der Waals surface area contributed by atoms with Gasteiger partial charge in [-0.1, -0.05) is 36.4 Å². The van der Waals surface area contributed by atoms with E-state index in [0.29, 0.717) is 0 Å². The van der Waals surface area contributed by atoms with Crippen LogP contribution >= 0.6 is 0 Å². The fourth-order valence-electron chi connectivity index (χ4n) is 4.62. The topological polar surface area (TPSA) is 8.29 Å². The van der Waals surface area contributed by atoms with Gasteiger partial charge < -0.3 is 4.40 Å². The summed E-state index contributed by atoms with van der Waals surface area (Å²) >= 11 is 0. The Balaban J connectivity index is 2.13. The summed E-state index contributed by atoms with van der Waals surface area (Å²) in [6.07, 6.45) is 2.22. The van der Waals surface area contributed by atoms with Crippen LogP contribution in [-0.4, -0.2) is 4.40 Å². The Morgan fingerprint density at radius 1 is 0.800 bits per heavy atom. The molecule has 0 aliphatic carbocycles. The molecule has 0 spiro atoms. The molecule has 3 aromatic carbocycles. The average molecular weight is 321 g/mol. The molecule has 0 aliphatic rings. The van der Waals surface area contributed by atoms with Gasteiger partial charge in [0, 0.05) is 23.0 Å². The average Bonchev–Trinajstić information content (AvgIpc) is 3.09. The standard InChI is InChI=1S/C23H17N2/c1-14-10-11-15-6-5-9-19-21(15)20(14)23-22-17(12-13-25(19)22)16-7-3-4-8-18(16)24(23)2/h3-13H,1-2H3/q+1. The maximum Gasteiger partial charge on any atom is 0.238 e. The van der Waals surface area contributed by atoms with Crippen molar-refractivity contribution in [1.82, 2.24) is 4.40 Å². The van der Waals surface area contributed by atoms with Crippen LogP contribution in [0.1, 0.15) is 5.56 Å². The van der Waals surface area contributed by atoms with Gasteiger partial charge in [0.2, 0.25) is 11.0 Å². The second kappa shape index (κ2) is 4.28. The van der Waals surface area contributed by atoms with Crippen molar-refractivity contribution < 1.29 is 4.57 Å². The van der Waals surface area contributed by atoms with Gasteiger partial charge in [-0.15, -0.1) is 0 Å². The number of benzene rings is 3. The van der Waals surface area contributed by atoms with E-state index in [1.807, 2.05) is 0 Å². The summed E-state index contributed by atoms with van der Waals surface area (Å²) in [5, 5.41) is 6.68. The molecule has 0 N–H and O–H groups in total. The van der Waals surface area contributed by atoms with Crippen molar-refractivity contribution >= 4 is 49.0 Å². The highest BCUT2D eigenvalue weighted by atomic mass is 15.0. The predicted molar refractivity (Wildman–Crippen MR) is 105 cm³/mol. The Morgan fingerprint density at radius 3 is 2.60 bits per heavy atom. The Kier molecular flexibility index (Phi) is 2.26. The molecule has 0 fully saturated rings. The minimum Gasteiger partial charge on any atom is -0.310 e. The van der Waals surface area contributed by atoms with Crippen LogP contribution in [-0.2, 0) is 7.05 Å². The number of hydrogen-bond donors (Lipinski definition) is 0. The smallest absolute Gasteiger partial charge is 0.238 e. The van der Waals surface area contributed by atoms with E-state index in [1.54, 1.807) is 0 Å². The molecule has 0 unspecified atom stereocenters. The van der Waals surface area contributed by atoms with E-state index < -0.39 is 0 Å². The molecule has 0 amide bonds. The van der Waals surface area contributed by atoms with Gasteiger partial charge in [0.05, 0.1) is 16.3 Å². The zero-order valence-electron chi connectivity index (χ0n) is 14.2. The van der Waals surface area contributed by atoms with Crippen LogP contribution in [0.15, 0.2) is 66.9 Å². The van der Waals surface area contributed by atoms with Gasteiger partial charge in [0.1, 0.15) is 12.6 Å². The number of aromatic nitrogens is 2. The Bertz CT molecular complexity index is 1450. The van der Waals surface area contributed by atoms with Crippen LogP contribution in [0.5, 0.6) is 0 Å². The van der Waals surface area contributed by atoms with E-state index in [4.69, 9.17) is 0 Å². The Morgan fingerprint density at radius 2 is 1.68 bits per heavy atom.